The topological polar surface area (TPSA) is 58.6 Å². The van der Waals surface area contributed by atoms with E-state index < -0.39 is 0 Å². The van der Waals surface area contributed by atoms with E-state index >= 15 is 0 Å². The van der Waals surface area contributed by atoms with Crippen molar-refractivity contribution < 1.29 is 14.3 Å². The lowest BCUT2D eigenvalue weighted by atomic mass is 10.0. The van der Waals surface area contributed by atoms with Gasteiger partial charge in [-0.15, -0.1) is 0 Å². The Morgan fingerprint density at radius 1 is 0.964 bits per heavy atom. The number of rotatable bonds is 4. The molecule has 1 aliphatic rings. The number of nitrogens with zero attached hydrogens (tertiary/aromatic N) is 1. The molecule has 1 unspecified atom stereocenters. The van der Waals surface area contributed by atoms with Crippen molar-refractivity contribution in [1.82, 2.24) is 4.90 Å². The smallest absolute Gasteiger partial charge is 0.337 e. The molecule has 5 heteroatoms. The van der Waals surface area contributed by atoms with Crippen LogP contribution in [0.2, 0.25) is 0 Å². The number of esters is 1. The van der Waals surface area contributed by atoms with Gasteiger partial charge in [0.05, 0.1) is 18.2 Å². The number of hydrogen-bond donors (Lipinski definition) is 1. The maximum atomic E-state index is 13.2. The molecular formula is C23H20N2O3. The third-order valence-electron chi connectivity index (χ3n) is 4.87. The number of nitrogens with one attached hydrogen (secondary N) is 1. The Labute approximate surface area is 163 Å². The van der Waals surface area contributed by atoms with Gasteiger partial charge in [-0.25, -0.2) is 4.79 Å². The predicted molar refractivity (Wildman–Crippen MR) is 107 cm³/mol. The normalized spacial score (nSPS) is 15.5. The highest BCUT2D eigenvalue weighted by Crippen LogP contribution is 2.34. The number of benzene rings is 3. The van der Waals surface area contributed by atoms with Crippen LogP contribution in [-0.2, 0) is 11.3 Å². The zero-order valence-corrected chi connectivity index (χ0v) is 15.5. The SMILES string of the molecule is COC(=O)c1ccc(C2Nc3ccccc3C(=O)N2Cc2ccccc2)cc1. The number of hydrogen-bond acceptors (Lipinski definition) is 4. The van der Waals surface area contributed by atoms with Crippen LogP contribution < -0.4 is 5.32 Å². The number of para-hydroxylation sites is 1. The summed E-state index contributed by atoms with van der Waals surface area (Å²) in [5.74, 6) is -0.411. The molecule has 0 fully saturated rings. The monoisotopic (exact) mass is 372 g/mol. The van der Waals surface area contributed by atoms with E-state index in [1.807, 2.05) is 71.6 Å². The molecule has 0 aliphatic carbocycles. The molecule has 0 aromatic heterocycles. The third kappa shape index (κ3) is 3.34. The standard InChI is InChI=1S/C23H20N2O3/c1-28-23(27)18-13-11-17(12-14-18)21-24-20-10-6-5-9-19(20)22(26)25(21)15-16-7-3-2-4-8-16/h2-14,21,24H,15H2,1H3. The van der Waals surface area contributed by atoms with Gasteiger partial charge in [0, 0.05) is 12.2 Å². The van der Waals surface area contributed by atoms with Crippen LogP contribution in [0.1, 0.15) is 38.0 Å². The van der Waals surface area contributed by atoms with Crippen molar-refractivity contribution in [3.8, 4) is 0 Å². The summed E-state index contributed by atoms with van der Waals surface area (Å²) in [6.45, 7) is 0.477. The summed E-state index contributed by atoms with van der Waals surface area (Å²) in [4.78, 5) is 26.8. The van der Waals surface area contributed by atoms with Gasteiger partial charge in [-0.05, 0) is 35.4 Å². The minimum absolute atomic E-state index is 0.0275. The first-order valence-electron chi connectivity index (χ1n) is 9.06. The second kappa shape index (κ2) is 7.56. The molecule has 28 heavy (non-hydrogen) atoms. The van der Waals surface area contributed by atoms with Crippen molar-refractivity contribution in [2.75, 3.05) is 12.4 Å². The molecule has 0 bridgehead atoms. The maximum Gasteiger partial charge on any atom is 0.337 e. The number of methoxy groups -OCH3 is 1. The van der Waals surface area contributed by atoms with Crippen LogP contribution in [0.25, 0.3) is 0 Å². The van der Waals surface area contributed by atoms with Crippen molar-refractivity contribution in [1.29, 1.82) is 0 Å². The van der Waals surface area contributed by atoms with Crippen LogP contribution in [0.3, 0.4) is 0 Å². The zero-order chi connectivity index (χ0) is 19.5. The highest BCUT2D eigenvalue weighted by molar-refractivity contribution is 6.01. The van der Waals surface area contributed by atoms with E-state index in [0.717, 1.165) is 16.8 Å². The van der Waals surface area contributed by atoms with E-state index in [-0.39, 0.29) is 18.0 Å². The molecule has 4 rings (SSSR count). The van der Waals surface area contributed by atoms with Gasteiger partial charge in [-0.3, -0.25) is 4.79 Å². The fourth-order valence-corrected chi connectivity index (χ4v) is 3.42. The molecule has 1 heterocycles. The lowest BCUT2D eigenvalue weighted by molar-refractivity contribution is 0.0598. The summed E-state index contributed by atoms with van der Waals surface area (Å²) in [5.41, 5.74) is 3.88. The molecular weight excluding hydrogens is 352 g/mol. The Balaban J connectivity index is 1.71. The summed E-state index contributed by atoms with van der Waals surface area (Å²) in [6.07, 6.45) is -0.339. The third-order valence-corrected chi connectivity index (χ3v) is 4.87. The quantitative estimate of drug-likeness (QED) is 0.696. The molecule has 5 nitrogen and oxygen atoms in total. The van der Waals surface area contributed by atoms with Crippen LogP contribution >= 0.6 is 0 Å². The first-order chi connectivity index (χ1) is 13.7. The Hall–Kier alpha value is -3.60. The van der Waals surface area contributed by atoms with Crippen LogP contribution in [0.4, 0.5) is 5.69 Å². The fraction of sp³-hybridized carbons (Fsp3) is 0.130. The lowest BCUT2D eigenvalue weighted by Gasteiger charge is -2.38. The zero-order valence-electron chi connectivity index (χ0n) is 15.5. The number of carbonyl (C=O) groups excluding carboxylic acids is 2. The maximum absolute atomic E-state index is 13.2. The Morgan fingerprint density at radius 3 is 2.36 bits per heavy atom. The summed E-state index contributed by atoms with van der Waals surface area (Å²) >= 11 is 0. The molecule has 0 saturated heterocycles. The van der Waals surface area contributed by atoms with Crippen molar-refractivity contribution in [2.24, 2.45) is 0 Å². The van der Waals surface area contributed by atoms with Crippen molar-refractivity contribution in [2.45, 2.75) is 12.7 Å². The molecule has 3 aromatic rings. The van der Waals surface area contributed by atoms with Gasteiger partial charge < -0.3 is 15.0 Å². The van der Waals surface area contributed by atoms with E-state index in [9.17, 15) is 9.59 Å². The number of ether oxygens (including phenoxy) is 1. The minimum atomic E-state index is -0.384. The van der Waals surface area contributed by atoms with Gasteiger partial charge in [0.15, 0.2) is 0 Å². The number of amides is 1. The van der Waals surface area contributed by atoms with Crippen LogP contribution in [-0.4, -0.2) is 23.9 Å². The predicted octanol–water partition coefficient (Wildman–Crippen LogP) is 4.24. The number of carbonyl (C=O) groups is 2. The Kier molecular flexibility index (Phi) is 4.81. The summed E-state index contributed by atoms with van der Waals surface area (Å²) < 4.78 is 4.77. The molecule has 1 atom stereocenters. The molecule has 0 saturated carbocycles. The highest BCUT2D eigenvalue weighted by Gasteiger charge is 2.32. The molecule has 1 amide bonds. The average Bonchev–Trinajstić information content (AvgIpc) is 2.76. The molecule has 0 spiro atoms. The van der Waals surface area contributed by atoms with Crippen LogP contribution in [0, 0.1) is 0 Å². The fourth-order valence-electron chi connectivity index (χ4n) is 3.42. The average molecular weight is 372 g/mol. The van der Waals surface area contributed by atoms with Gasteiger partial charge >= 0.3 is 5.97 Å². The van der Waals surface area contributed by atoms with Crippen molar-refractivity contribution in [3.63, 3.8) is 0 Å². The van der Waals surface area contributed by atoms with Gasteiger partial charge in [0.1, 0.15) is 6.17 Å². The van der Waals surface area contributed by atoms with Crippen molar-refractivity contribution >= 4 is 17.6 Å². The number of anilines is 1. The summed E-state index contributed by atoms with van der Waals surface area (Å²) in [6, 6.07) is 24.5. The van der Waals surface area contributed by atoms with Crippen LogP contribution in [0.15, 0.2) is 78.9 Å². The minimum Gasteiger partial charge on any atom is -0.465 e. The van der Waals surface area contributed by atoms with Gasteiger partial charge in [-0.1, -0.05) is 54.6 Å². The first-order valence-corrected chi connectivity index (χ1v) is 9.06. The second-order valence-corrected chi connectivity index (χ2v) is 6.62. The van der Waals surface area contributed by atoms with Gasteiger partial charge in [0.2, 0.25) is 0 Å². The molecule has 3 aromatic carbocycles. The summed E-state index contributed by atoms with van der Waals surface area (Å²) in [5, 5.41) is 3.47. The second-order valence-electron chi connectivity index (χ2n) is 6.62. The Bertz CT molecular complexity index is 1000. The number of fused-ring (bicyclic) bond motifs is 1. The highest BCUT2D eigenvalue weighted by atomic mass is 16.5. The lowest BCUT2D eigenvalue weighted by Crippen LogP contribution is -2.42. The molecule has 1 aliphatic heterocycles. The molecule has 140 valence electrons. The van der Waals surface area contributed by atoms with Gasteiger partial charge in [0.25, 0.3) is 5.91 Å². The first kappa shape index (κ1) is 17.8. The van der Waals surface area contributed by atoms with Crippen molar-refractivity contribution in [3.05, 3.63) is 101 Å². The van der Waals surface area contributed by atoms with E-state index in [0.29, 0.717) is 17.7 Å². The van der Waals surface area contributed by atoms with Gasteiger partial charge in [-0.2, -0.15) is 0 Å². The molecule has 1 N–H and O–H groups in total. The van der Waals surface area contributed by atoms with Crippen LogP contribution in [0.5, 0.6) is 0 Å². The van der Waals surface area contributed by atoms with E-state index in [1.165, 1.54) is 7.11 Å². The van der Waals surface area contributed by atoms with E-state index in [4.69, 9.17) is 4.74 Å². The summed E-state index contributed by atoms with van der Waals surface area (Å²) in [7, 11) is 1.36. The Morgan fingerprint density at radius 2 is 1.64 bits per heavy atom. The largest absolute Gasteiger partial charge is 0.465 e. The molecule has 0 radical (unpaired) electrons. The van der Waals surface area contributed by atoms with E-state index in [2.05, 4.69) is 5.32 Å². The van der Waals surface area contributed by atoms with E-state index in [1.54, 1.807) is 12.1 Å².